The number of imidazole rings is 2. The molecule has 20 heavy (non-hydrogen) atoms. The van der Waals surface area contributed by atoms with Crippen molar-refractivity contribution in [1.82, 2.24) is 18.9 Å². The number of fused-ring (bicyclic) bond motifs is 7. The normalized spacial score (nSPS) is 15.9. The first-order valence-electron chi connectivity index (χ1n) is 7.91. The van der Waals surface area contributed by atoms with Crippen molar-refractivity contribution in [1.29, 1.82) is 0 Å². The summed E-state index contributed by atoms with van der Waals surface area (Å²) in [5, 5.41) is 0. The molecule has 0 N–H and O–H groups in total. The van der Waals surface area contributed by atoms with E-state index in [1.807, 2.05) is 39.4 Å². The third-order valence-electron chi connectivity index (χ3n) is 3.90. The zero-order valence-electron chi connectivity index (χ0n) is 13.5. The summed E-state index contributed by atoms with van der Waals surface area (Å²) in [6, 6.07) is 7.61. The van der Waals surface area contributed by atoms with E-state index in [-0.39, 0.29) is 0 Å². The van der Waals surface area contributed by atoms with Crippen molar-refractivity contribution in [3.8, 4) is 11.4 Å². The van der Waals surface area contributed by atoms with Gasteiger partial charge in [0.15, 0.2) is 5.65 Å². The SMILES string of the molecule is [2H]C([2H])([2H])n1c2[n+](c3c1nc1ccccn13)Cc1ccncc1-2. The van der Waals surface area contributed by atoms with Gasteiger partial charge in [-0.1, -0.05) is 6.07 Å². The number of hydrogen-bond donors (Lipinski definition) is 0. The van der Waals surface area contributed by atoms with E-state index in [1.54, 1.807) is 12.4 Å². The van der Waals surface area contributed by atoms with Crippen molar-refractivity contribution in [2.45, 2.75) is 6.54 Å². The maximum absolute atomic E-state index is 7.97. The highest BCUT2D eigenvalue weighted by Gasteiger charge is 2.33. The summed E-state index contributed by atoms with van der Waals surface area (Å²) in [7, 11) is 0. The Hall–Kier alpha value is -2.69. The smallest absolute Gasteiger partial charge is 0.264 e. The van der Waals surface area contributed by atoms with Gasteiger partial charge in [0.25, 0.3) is 11.3 Å². The minimum absolute atomic E-state index is 0.473. The lowest BCUT2D eigenvalue weighted by Gasteiger charge is -1.95. The van der Waals surface area contributed by atoms with Crippen molar-refractivity contribution in [2.24, 2.45) is 6.98 Å². The summed E-state index contributed by atoms with van der Waals surface area (Å²) in [4.78, 5) is 8.70. The second-order valence-electron chi connectivity index (χ2n) is 4.97. The molecule has 0 unspecified atom stereocenters. The summed E-state index contributed by atoms with van der Waals surface area (Å²) in [5.41, 5.74) is 3.93. The van der Waals surface area contributed by atoms with Gasteiger partial charge in [-0.25, -0.2) is 13.5 Å². The lowest BCUT2D eigenvalue weighted by molar-refractivity contribution is -0.648. The molecule has 0 saturated heterocycles. The monoisotopic (exact) mass is 265 g/mol. The molecule has 5 heteroatoms. The summed E-state index contributed by atoms with van der Waals surface area (Å²) in [6.45, 7) is -1.69. The Labute approximate surface area is 119 Å². The van der Waals surface area contributed by atoms with Crippen molar-refractivity contribution in [3.63, 3.8) is 0 Å². The number of hydrogen-bond acceptors (Lipinski definition) is 2. The van der Waals surface area contributed by atoms with Crippen LogP contribution in [0.2, 0.25) is 0 Å². The molecule has 0 spiro atoms. The van der Waals surface area contributed by atoms with Crippen LogP contribution in [-0.4, -0.2) is 18.9 Å². The molecule has 1 aliphatic heterocycles. The summed E-state index contributed by atoms with van der Waals surface area (Å²) in [5.74, 6) is 0.642. The largest absolute Gasteiger partial charge is 0.295 e. The topological polar surface area (TPSA) is 39.0 Å². The number of rotatable bonds is 0. The lowest BCUT2D eigenvalue weighted by Crippen LogP contribution is -2.32. The van der Waals surface area contributed by atoms with Gasteiger partial charge in [0.05, 0.1) is 29.4 Å². The van der Waals surface area contributed by atoms with Gasteiger partial charge < -0.3 is 0 Å². The first-order chi connectivity index (χ1) is 11.1. The Morgan fingerprint density at radius 3 is 3.30 bits per heavy atom. The van der Waals surface area contributed by atoms with E-state index in [0.29, 0.717) is 18.0 Å². The number of aromatic nitrogens is 5. The Bertz CT molecular complexity index is 1090. The zero-order chi connectivity index (χ0) is 15.8. The van der Waals surface area contributed by atoms with Crippen molar-refractivity contribution < 1.29 is 8.68 Å². The van der Waals surface area contributed by atoms with E-state index in [9.17, 15) is 0 Å². The highest BCUT2D eigenvalue weighted by molar-refractivity contribution is 5.76. The van der Waals surface area contributed by atoms with Crippen LogP contribution < -0.4 is 4.57 Å². The van der Waals surface area contributed by atoms with E-state index < -0.39 is 6.98 Å². The molecule has 0 fully saturated rings. The van der Waals surface area contributed by atoms with Gasteiger partial charge >= 0.3 is 0 Å². The predicted octanol–water partition coefficient (Wildman–Crippen LogP) is 1.54. The molecular weight excluding hydrogens is 250 g/mol. The van der Waals surface area contributed by atoms with Crippen LogP contribution in [0.4, 0.5) is 0 Å². The standard InChI is InChI=1S/C15H12N5/c1-18-13-15(19-7-3-2-4-12(19)17-13)20-9-10-5-6-16-8-11(10)14(18)20/h2-8H,9H2,1H3/q+1/i1D3. The van der Waals surface area contributed by atoms with Crippen LogP contribution in [0, 0.1) is 0 Å². The molecule has 0 amide bonds. The van der Waals surface area contributed by atoms with Crippen LogP contribution in [0.15, 0.2) is 42.9 Å². The Morgan fingerprint density at radius 1 is 1.35 bits per heavy atom. The zero-order valence-corrected chi connectivity index (χ0v) is 10.5. The van der Waals surface area contributed by atoms with E-state index in [4.69, 9.17) is 4.11 Å². The Balaban J connectivity index is 2.01. The maximum Gasteiger partial charge on any atom is 0.295 e. The molecule has 0 aromatic carbocycles. The molecule has 5 rings (SSSR count). The second kappa shape index (κ2) is 3.25. The first-order valence-corrected chi connectivity index (χ1v) is 6.41. The van der Waals surface area contributed by atoms with Gasteiger partial charge in [0.1, 0.15) is 0 Å². The highest BCUT2D eigenvalue weighted by atomic mass is 15.3. The fraction of sp³-hybridized carbons (Fsp3) is 0.133. The molecule has 0 radical (unpaired) electrons. The molecule has 5 heterocycles. The highest BCUT2D eigenvalue weighted by Crippen LogP contribution is 2.29. The van der Waals surface area contributed by atoms with Crippen LogP contribution >= 0.6 is 0 Å². The quantitative estimate of drug-likeness (QED) is 0.398. The van der Waals surface area contributed by atoms with Crippen LogP contribution in [-0.2, 0) is 13.5 Å². The molecule has 96 valence electrons. The Kier molecular flexibility index (Phi) is 1.27. The fourth-order valence-electron chi connectivity index (χ4n) is 3.04. The van der Waals surface area contributed by atoms with Gasteiger partial charge in [0.2, 0.25) is 5.82 Å². The molecule has 1 aliphatic rings. The minimum atomic E-state index is -2.31. The molecular formula is C15H12N5+. The Morgan fingerprint density at radius 2 is 2.35 bits per heavy atom. The van der Waals surface area contributed by atoms with E-state index >= 15 is 0 Å². The van der Waals surface area contributed by atoms with Gasteiger partial charge in [0, 0.05) is 18.0 Å². The van der Waals surface area contributed by atoms with Gasteiger partial charge in [-0.05, 0) is 18.2 Å². The molecule has 0 aliphatic carbocycles. The summed E-state index contributed by atoms with van der Waals surface area (Å²) in [6.07, 6.45) is 5.36. The van der Waals surface area contributed by atoms with Crippen molar-refractivity contribution >= 4 is 16.9 Å². The molecule has 4 aromatic rings. The predicted molar refractivity (Wildman–Crippen MR) is 74.2 cm³/mol. The lowest BCUT2D eigenvalue weighted by atomic mass is 10.2. The third-order valence-corrected chi connectivity index (χ3v) is 3.90. The van der Waals surface area contributed by atoms with Crippen molar-refractivity contribution in [3.05, 3.63) is 48.4 Å². The van der Waals surface area contributed by atoms with Gasteiger partial charge in [-0.3, -0.25) is 4.98 Å². The van der Waals surface area contributed by atoms with Gasteiger partial charge in [-0.15, -0.1) is 0 Å². The number of pyridine rings is 2. The molecule has 4 aromatic heterocycles. The van der Waals surface area contributed by atoms with Gasteiger partial charge in [-0.2, -0.15) is 4.98 Å². The molecule has 5 nitrogen and oxygen atoms in total. The summed E-state index contributed by atoms with van der Waals surface area (Å²) < 4.78 is 29.2. The fourth-order valence-corrected chi connectivity index (χ4v) is 3.04. The maximum atomic E-state index is 7.97. The van der Waals surface area contributed by atoms with Crippen LogP contribution in [0.25, 0.3) is 28.3 Å². The van der Waals surface area contributed by atoms with E-state index in [2.05, 4.69) is 9.97 Å². The third kappa shape index (κ3) is 1.02. The minimum Gasteiger partial charge on any atom is -0.264 e. The molecule has 0 saturated carbocycles. The van der Waals surface area contributed by atoms with Crippen LogP contribution in [0.3, 0.4) is 0 Å². The first kappa shape index (κ1) is 7.79. The van der Waals surface area contributed by atoms with E-state index in [0.717, 1.165) is 22.4 Å². The van der Waals surface area contributed by atoms with Crippen LogP contribution in [0.1, 0.15) is 9.68 Å². The number of aryl methyl sites for hydroxylation is 1. The molecule has 0 bridgehead atoms. The average Bonchev–Trinajstić information content (AvgIpc) is 3.12. The average molecular weight is 265 g/mol. The molecule has 0 atom stereocenters. The summed E-state index contributed by atoms with van der Waals surface area (Å²) >= 11 is 0. The van der Waals surface area contributed by atoms with Crippen LogP contribution in [0.5, 0.6) is 0 Å². The van der Waals surface area contributed by atoms with E-state index in [1.165, 1.54) is 4.57 Å². The second-order valence-corrected chi connectivity index (χ2v) is 4.97. The number of nitrogens with zero attached hydrogens (tertiary/aromatic N) is 5. The van der Waals surface area contributed by atoms with Crippen molar-refractivity contribution in [2.75, 3.05) is 0 Å².